The summed E-state index contributed by atoms with van der Waals surface area (Å²) in [4.78, 5) is 0. The predicted molar refractivity (Wildman–Crippen MR) is 43.9 cm³/mol. The van der Waals surface area contributed by atoms with Gasteiger partial charge in [0.2, 0.25) is 0 Å². The van der Waals surface area contributed by atoms with Crippen LogP contribution in [0.5, 0.6) is 0 Å². The molecule has 0 saturated carbocycles. The zero-order valence-corrected chi connectivity index (χ0v) is 6.41. The topological polar surface area (TPSA) is 35.8 Å². The molecule has 1 atom stereocenters. The van der Waals surface area contributed by atoms with E-state index in [1.165, 1.54) is 0 Å². The molecule has 0 saturated heterocycles. The van der Waals surface area contributed by atoms with Gasteiger partial charge in [-0.3, -0.25) is 0 Å². The molecule has 0 fully saturated rings. The smallest absolute Gasteiger partial charge is 0.121 e. The van der Waals surface area contributed by atoms with Crippen LogP contribution >= 0.6 is 0 Å². The van der Waals surface area contributed by atoms with E-state index in [4.69, 9.17) is 5.26 Å². The normalized spacial score (nSPS) is 12.0. The van der Waals surface area contributed by atoms with Crippen LogP contribution in [0.1, 0.15) is 11.6 Å². The number of nitrogens with zero attached hydrogens (tertiary/aromatic N) is 1. The van der Waals surface area contributed by atoms with Gasteiger partial charge in [0.05, 0.1) is 6.07 Å². The van der Waals surface area contributed by atoms with Crippen LogP contribution in [-0.2, 0) is 0 Å². The van der Waals surface area contributed by atoms with Crippen LogP contribution in [0.25, 0.3) is 0 Å². The molecule has 2 nitrogen and oxygen atoms in total. The van der Waals surface area contributed by atoms with Gasteiger partial charge in [-0.15, -0.1) is 0 Å². The predicted octanol–water partition coefficient (Wildman–Crippen LogP) is 1.47. The summed E-state index contributed by atoms with van der Waals surface area (Å²) >= 11 is 0. The van der Waals surface area contributed by atoms with Gasteiger partial charge in [-0.25, -0.2) is 0 Å². The fourth-order valence-electron chi connectivity index (χ4n) is 0.951. The van der Waals surface area contributed by atoms with E-state index in [1.807, 2.05) is 30.3 Å². The minimum atomic E-state index is -0.184. The molecule has 1 rings (SSSR count). The average molecular weight is 146 g/mol. The summed E-state index contributed by atoms with van der Waals surface area (Å²) < 4.78 is 0. The second-order valence-electron chi connectivity index (χ2n) is 2.26. The van der Waals surface area contributed by atoms with Crippen molar-refractivity contribution >= 4 is 0 Å². The van der Waals surface area contributed by atoms with Crippen LogP contribution in [0.4, 0.5) is 0 Å². The van der Waals surface area contributed by atoms with Crippen molar-refractivity contribution in [2.45, 2.75) is 6.04 Å². The minimum absolute atomic E-state index is 0.184. The molecule has 11 heavy (non-hydrogen) atoms. The Morgan fingerprint density at radius 3 is 2.45 bits per heavy atom. The van der Waals surface area contributed by atoms with Crippen LogP contribution in [0.2, 0.25) is 0 Å². The summed E-state index contributed by atoms with van der Waals surface area (Å²) in [5.41, 5.74) is 1.01. The van der Waals surface area contributed by atoms with Crippen molar-refractivity contribution in [3.05, 3.63) is 35.9 Å². The van der Waals surface area contributed by atoms with E-state index >= 15 is 0 Å². The van der Waals surface area contributed by atoms with E-state index in [9.17, 15) is 0 Å². The molecule has 0 aromatic heterocycles. The summed E-state index contributed by atoms with van der Waals surface area (Å²) in [6.45, 7) is 0. The first-order valence-corrected chi connectivity index (χ1v) is 3.50. The SMILES string of the molecule is CNC(C#N)c1ccccc1. The average Bonchev–Trinajstić information content (AvgIpc) is 2.09. The largest absolute Gasteiger partial charge is 0.301 e. The third kappa shape index (κ3) is 1.79. The lowest BCUT2D eigenvalue weighted by molar-refractivity contribution is 0.727. The van der Waals surface area contributed by atoms with Crippen LogP contribution in [-0.4, -0.2) is 7.05 Å². The Morgan fingerprint density at radius 1 is 1.36 bits per heavy atom. The maximum absolute atomic E-state index is 8.67. The highest BCUT2D eigenvalue weighted by Gasteiger charge is 2.04. The van der Waals surface area contributed by atoms with Crippen molar-refractivity contribution in [1.29, 1.82) is 5.26 Å². The second-order valence-corrected chi connectivity index (χ2v) is 2.26. The summed E-state index contributed by atoms with van der Waals surface area (Å²) in [5, 5.41) is 11.6. The van der Waals surface area contributed by atoms with Gasteiger partial charge in [0.25, 0.3) is 0 Å². The van der Waals surface area contributed by atoms with Gasteiger partial charge in [-0.2, -0.15) is 5.26 Å². The van der Waals surface area contributed by atoms with E-state index in [0.29, 0.717) is 0 Å². The van der Waals surface area contributed by atoms with Crippen molar-refractivity contribution in [3.63, 3.8) is 0 Å². The summed E-state index contributed by atoms with van der Waals surface area (Å²) in [6.07, 6.45) is 0. The van der Waals surface area contributed by atoms with Gasteiger partial charge in [0.15, 0.2) is 0 Å². The van der Waals surface area contributed by atoms with Crippen molar-refractivity contribution < 1.29 is 0 Å². The molecular formula is C9H10N2. The molecule has 0 amide bonds. The van der Waals surface area contributed by atoms with Gasteiger partial charge >= 0.3 is 0 Å². The molecule has 0 aliphatic heterocycles. The first kappa shape index (κ1) is 7.77. The number of hydrogen-bond acceptors (Lipinski definition) is 2. The van der Waals surface area contributed by atoms with E-state index < -0.39 is 0 Å². The lowest BCUT2D eigenvalue weighted by atomic mass is 10.1. The maximum Gasteiger partial charge on any atom is 0.121 e. The number of rotatable bonds is 2. The molecule has 1 aromatic carbocycles. The van der Waals surface area contributed by atoms with Crippen molar-refractivity contribution in [1.82, 2.24) is 5.32 Å². The number of benzene rings is 1. The van der Waals surface area contributed by atoms with Crippen LogP contribution in [0, 0.1) is 11.3 Å². The van der Waals surface area contributed by atoms with Gasteiger partial charge in [0.1, 0.15) is 6.04 Å². The molecule has 2 heteroatoms. The van der Waals surface area contributed by atoms with Gasteiger partial charge in [-0.05, 0) is 12.6 Å². The quantitative estimate of drug-likeness (QED) is 0.685. The minimum Gasteiger partial charge on any atom is -0.301 e. The van der Waals surface area contributed by atoms with E-state index in [2.05, 4.69) is 11.4 Å². The highest BCUT2D eigenvalue weighted by Crippen LogP contribution is 2.09. The Morgan fingerprint density at radius 2 is 2.00 bits per heavy atom. The van der Waals surface area contributed by atoms with Gasteiger partial charge in [0, 0.05) is 0 Å². The third-order valence-corrected chi connectivity index (χ3v) is 1.55. The Balaban J connectivity index is 2.85. The van der Waals surface area contributed by atoms with Crippen molar-refractivity contribution in [2.24, 2.45) is 0 Å². The summed E-state index contributed by atoms with van der Waals surface area (Å²) in [6, 6.07) is 11.6. The standard InChI is InChI=1S/C9H10N2/c1-11-9(7-10)8-5-3-2-4-6-8/h2-6,9,11H,1H3. The van der Waals surface area contributed by atoms with E-state index in [0.717, 1.165) is 5.56 Å². The fraction of sp³-hybridized carbons (Fsp3) is 0.222. The van der Waals surface area contributed by atoms with Crippen molar-refractivity contribution in [2.75, 3.05) is 7.05 Å². The lowest BCUT2D eigenvalue weighted by Crippen LogP contribution is -2.13. The molecule has 0 heterocycles. The zero-order valence-electron chi connectivity index (χ0n) is 6.41. The highest BCUT2D eigenvalue weighted by molar-refractivity contribution is 5.23. The molecule has 0 aliphatic carbocycles. The second kappa shape index (κ2) is 3.75. The molecule has 56 valence electrons. The summed E-state index contributed by atoms with van der Waals surface area (Å²) in [5.74, 6) is 0. The first-order chi connectivity index (χ1) is 5.38. The fourth-order valence-corrected chi connectivity index (χ4v) is 0.951. The first-order valence-electron chi connectivity index (χ1n) is 3.50. The third-order valence-electron chi connectivity index (χ3n) is 1.55. The number of nitrogens with one attached hydrogen (secondary N) is 1. The molecule has 0 aliphatic rings. The van der Waals surface area contributed by atoms with Gasteiger partial charge in [-0.1, -0.05) is 30.3 Å². The zero-order chi connectivity index (χ0) is 8.10. The van der Waals surface area contributed by atoms with Crippen LogP contribution in [0.3, 0.4) is 0 Å². The molecule has 0 spiro atoms. The molecule has 1 aromatic rings. The Hall–Kier alpha value is -1.33. The van der Waals surface area contributed by atoms with Crippen LogP contribution in [0.15, 0.2) is 30.3 Å². The molecule has 0 bridgehead atoms. The Kier molecular flexibility index (Phi) is 2.65. The maximum atomic E-state index is 8.67. The molecule has 0 radical (unpaired) electrons. The van der Waals surface area contributed by atoms with E-state index in [1.54, 1.807) is 7.05 Å². The van der Waals surface area contributed by atoms with Gasteiger partial charge < -0.3 is 5.32 Å². The lowest BCUT2D eigenvalue weighted by Gasteiger charge is -2.05. The number of nitriles is 1. The monoisotopic (exact) mass is 146 g/mol. The summed E-state index contributed by atoms with van der Waals surface area (Å²) in [7, 11) is 1.78. The highest BCUT2D eigenvalue weighted by atomic mass is 14.9. The molecular weight excluding hydrogens is 136 g/mol. The number of hydrogen-bond donors (Lipinski definition) is 1. The van der Waals surface area contributed by atoms with E-state index in [-0.39, 0.29) is 6.04 Å². The van der Waals surface area contributed by atoms with Crippen molar-refractivity contribution in [3.8, 4) is 6.07 Å². The Bertz CT molecular complexity index is 248. The van der Waals surface area contributed by atoms with Crippen LogP contribution < -0.4 is 5.32 Å². The molecule has 1 N–H and O–H groups in total. The molecule has 1 unspecified atom stereocenters. The Labute approximate surface area is 66.5 Å².